The summed E-state index contributed by atoms with van der Waals surface area (Å²) in [4.78, 5) is 0. The second kappa shape index (κ2) is 4.84. The monoisotopic (exact) mass is 235 g/mol. The molecular weight excluding hydrogens is 225 g/mol. The van der Waals surface area contributed by atoms with E-state index < -0.39 is 6.04 Å². The zero-order chi connectivity index (χ0) is 10.7. The van der Waals surface area contributed by atoms with E-state index in [2.05, 4.69) is 0 Å². The summed E-state index contributed by atoms with van der Waals surface area (Å²) in [6, 6.07) is 2.73. The molecule has 0 unspecified atom stereocenters. The normalized spacial score (nSPS) is 12.9. The van der Waals surface area contributed by atoms with Gasteiger partial charge in [-0.05, 0) is 12.5 Å². The van der Waals surface area contributed by atoms with Gasteiger partial charge in [0.25, 0.3) is 0 Å². The molecule has 0 saturated carbocycles. The third kappa shape index (κ3) is 2.30. The Balaban J connectivity index is 3.04. The molecule has 5 heteroatoms. The molecule has 1 aromatic rings. The molecule has 78 valence electrons. The lowest BCUT2D eigenvalue weighted by atomic mass is 10.0. The van der Waals surface area contributed by atoms with E-state index in [0.717, 1.165) is 0 Å². The largest absolute Gasteiger partial charge is 0.506 e. The Morgan fingerprint density at radius 1 is 1.36 bits per heavy atom. The van der Waals surface area contributed by atoms with Gasteiger partial charge in [-0.3, -0.25) is 0 Å². The Kier molecular flexibility index (Phi) is 4.01. The number of aromatic hydroxyl groups is 1. The van der Waals surface area contributed by atoms with Crippen molar-refractivity contribution in [3.8, 4) is 5.75 Å². The van der Waals surface area contributed by atoms with Crippen molar-refractivity contribution in [3.05, 3.63) is 27.7 Å². The van der Waals surface area contributed by atoms with Crippen LogP contribution in [0.2, 0.25) is 10.0 Å². The van der Waals surface area contributed by atoms with Gasteiger partial charge in [0.05, 0.1) is 5.02 Å². The number of phenolic OH excluding ortho intramolecular Hbond substituents is 1. The minimum absolute atomic E-state index is 0.0408. The van der Waals surface area contributed by atoms with E-state index in [1.807, 2.05) is 0 Å². The minimum Gasteiger partial charge on any atom is -0.506 e. The second-order valence-corrected chi connectivity index (χ2v) is 3.70. The number of hydrogen-bond acceptors (Lipinski definition) is 3. The molecule has 0 fully saturated rings. The lowest BCUT2D eigenvalue weighted by Gasteiger charge is -2.13. The Morgan fingerprint density at radius 2 is 2.00 bits per heavy atom. The Bertz CT molecular complexity index is 331. The number of nitrogens with two attached hydrogens (primary N) is 1. The highest BCUT2D eigenvalue weighted by Crippen LogP contribution is 2.36. The average molecular weight is 236 g/mol. The lowest BCUT2D eigenvalue weighted by Crippen LogP contribution is -2.12. The molecule has 3 nitrogen and oxygen atoms in total. The summed E-state index contributed by atoms with van der Waals surface area (Å²) in [7, 11) is 0. The topological polar surface area (TPSA) is 66.5 Å². The van der Waals surface area contributed by atoms with Crippen LogP contribution in [0.25, 0.3) is 0 Å². The Labute approximate surface area is 92.1 Å². The molecule has 0 aromatic heterocycles. The second-order valence-electron chi connectivity index (χ2n) is 2.92. The van der Waals surface area contributed by atoms with Gasteiger partial charge in [0.15, 0.2) is 0 Å². The van der Waals surface area contributed by atoms with Crippen LogP contribution in [0.15, 0.2) is 12.1 Å². The van der Waals surface area contributed by atoms with Crippen molar-refractivity contribution in [1.82, 2.24) is 0 Å². The molecule has 0 aliphatic heterocycles. The third-order valence-corrected chi connectivity index (χ3v) is 2.73. The van der Waals surface area contributed by atoms with Crippen LogP contribution >= 0.6 is 23.2 Å². The van der Waals surface area contributed by atoms with E-state index in [1.165, 1.54) is 0 Å². The molecule has 0 amide bonds. The maximum absolute atomic E-state index is 9.60. The number of hydrogen-bond donors (Lipinski definition) is 3. The molecule has 1 aromatic carbocycles. The summed E-state index contributed by atoms with van der Waals surface area (Å²) in [6.45, 7) is -0.0408. The van der Waals surface area contributed by atoms with E-state index in [4.69, 9.17) is 34.0 Å². The summed E-state index contributed by atoms with van der Waals surface area (Å²) < 4.78 is 0. The Hall–Kier alpha value is -0.480. The van der Waals surface area contributed by atoms with Crippen molar-refractivity contribution in [1.29, 1.82) is 0 Å². The highest BCUT2D eigenvalue weighted by Gasteiger charge is 2.14. The van der Waals surface area contributed by atoms with E-state index >= 15 is 0 Å². The van der Waals surface area contributed by atoms with E-state index in [9.17, 15) is 5.11 Å². The fourth-order valence-electron chi connectivity index (χ4n) is 1.15. The summed E-state index contributed by atoms with van der Waals surface area (Å²) in [5, 5.41) is 18.7. The molecule has 14 heavy (non-hydrogen) atoms. The molecule has 0 heterocycles. The van der Waals surface area contributed by atoms with Crippen molar-refractivity contribution in [2.75, 3.05) is 6.61 Å². The zero-order valence-electron chi connectivity index (χ0n) is 7.37. The first kappa shape index (κ1) is 11.6. The molecule has 1 rings (SSSR count). The molecule has 4 N–H and O–H groups in total. The van der Waals surface area contributed by atoms with Crippen molar-refractivity contribution in [2.24, 2.45) is 5.73 Å². The molecule has 0 radical (unpaired) electrons. The predicted octanol–water partition coefficient (Wildman–Crippen LogP) is 2.08. The molecule has 0 saturated heterocycles. The van der Waals surface area contributed by atoms with Crippen molar-refractivity contribution in [3.63, 3.8) is 0 Å². The van der Waals surface area contributed by atoms with Gasteiger partial charge in [-0.25, -0.2) is 0 Å². The number of rotatable bonds is 3. The minimum atomic E-state index is -0.435. The van der Waals surface area contributed by atoms with Crippen LogP contribution in [0.4, 0.5) is 0 Å². The smallest absolute Gasteiger partial charge is 0.140 e. The van der Waals surface area contributed by atoms with Gasteiger partial charge in [0.1, 0.15) is 10.8 Å². The van der Waals surface area contributed by atoms with E-state index in [-0.39, 0.29) is 22.4 Å². The standard InChI is InChI=1S/C9H11Cl2NO2/c10-6-2-1-5(7(12)3-4-13)9(14)8(6)11/h1-2,7,13-14H,3-4,12H2/t7-/m0/s1. The summed E-state index contributed by atoms with van der Waals surface area (Å²) in [6.07, 6.45) is 0.367. The quantitative estimate of drug-likeness (QED) is 0.752. The predicted molar refractivity (Wildman–Crippen MR) is 56.8 cm³/mol. The zero-order valence-corrected chi connectivity index (χ0v) is 8.89. The number of benzene rings is 1. The van der Waals surface area contributed by atoms with Crippen LogP contribution in [0.5, 0.6) is 5.75 Å². The van der Waals surface area contributed by atoms with Gasteiger partial charge in [0.2, 0.25) is 0 Å². The first-order chi connectivity index (χ1) is 6.57. The average Bonchev–Trinajstić information content (AvgIpc) is 2.15. The maximum atomic E-state index is 9.60. The highest BCUT2D eigenvalue weighted by molar-refractivity contribution is 6.43. The third-order valence-electron chi connectivity index (χ3n) is 1.94. The van der Waals surface area contributed by atoms with Crippen molar-refractivity contribution in [2.45, 2.75) is 12.5 Å². The van der Waals surface area contributed by atoms with Gasteiger partial charge >= 0.3 is 0 Å². The van der Waals surface area contributed by atoms with Gasteiger partial charge in [-0.1, -0.05) is 29.3 Å². The summed E-state index contributed by atoms with van der Waals surface area (Å²) in [5.41, 5.74) is 6.20. The fourth-order valence-corrected chi connectivity index (χ4v) is 1.47. The van der Waals surface area contributed by atoms with Crippen LogP contribution in [0.1, 0.15) is 18.0 Å². The first-order valence-corrected chi connectivity index (χ1v) is 4.86. The van der Waals surface area contributed by atoms with Crippen LogP contribution < -0.4 is 5.73 Å². The van der Waals surface area contributed by atoms with Crippen LogP contribution in [-0.2, 0) is 0 Å². The van der Waals surface area contributed by atoms with Gasteiger partial charge in [-0.2, -0.15) is 0 Å². The fraction of sp³-hybridized carbons (Fsp3) is 0.333. The number of halogens is 2. The van der Waals surface area contributed by atoms with E-state index in [0.29, 0.717) is 12.0 Å². The molecular formula is C9H11Cl2NO2. The highest BCUT2D eigenvalue weighted by atomic mass is 35.5. The van der Waals surface area contributed by atoms with Gasteiger partial charge in [-0.15, -0.1) is 0 Å². The lowest BCUT2D eigenvalue weighted by molar-refractivity contribution is 0.275. The number of aliphatic hydroxyl groups is 1. The van der Waals surface area contributed by atoms with E-state index in [1.54, 1.807) is 12.1 Å². The Morgan fingerprint density at radius 3 is 2.57 bits per heavy atom. The van der Waals surface area contributed by atoms with Crippen LogP contribution in [0.3, 0.4) is 0 Å². The number of phenols is 1. The first-order valence-electron chi connectivity index (χ1n) is 4.11. The van der Waals surface area contributed by atoms with Gasteiger partial charge < -0.3 is 15.9 Å². The SMILES string of the molecule is N[C@@H](CCO)c1ccc(Cl)c(Cl)c1O. The number of aliphatic hydroxyl groups excluding tert-OH is 1. The summed E-state index contributed by atoms with van der Waals surface area (Å²) >= 11 is 11.4. The van der Waals surface area contributed by atoms with Crippen LogP contribution in [-0.4, -0.2) is 16.8 Å². The maximum Gasteiger partial charge on any atom is 0.140 e. The molecule has 0 aliphatic rings. The van der Waals surface area contributed by atoms with Crippen molar-refractivity contribution >= 4 is 23.2 Å². The molecule has 0 aliphatic carbocycles. The molecule has 0 spiro atoms. The molecule has 0 bridgehead atoms. The summed E-state index contributed by atoms with van der Waals surface area (Å²) in [5.74, 6) is -0.111. The molecule has 1 atom stereocenters. The van der Waals surface area contributed by atoms with Crippen molar-refractivity contribution < 1.29 is 10.2 Å². The van der Waals surface area contributed by atoms with Crippen LogP contribution in [0, 0.1) is 0 Å². The van der Waals surface area contributed by atoms with Gasteiger partial charge in [0, 0.05) is 18.2 Å².